The van der Waals surface area contributed by atoms with Crippen molar-refractivity contribution < 1.29 is 27.4 Å². The molecular formula is C13H21NO6S. The number of aliphatic hydroxyl groups is 1. The zero-order chi connectivity index (χ0) is 16.3. The molecule has 21 heavy (non-hydrogen) atoms. The van der Waals surface area contributed by atoms with E-state index in [1.165, 1.54) is 18.2 Å². The molecule has 0 aromatic heterocycles. The number of rotatable bonds is 6. The number of hydrogen-bond acceptors (Lipinski definition) is 6. The Labute approximate surface area is 124 Å². The molecule has 1 aromatic rings. The van der Waals surface area contributed by atoms with Gasteiger partial charge in [-0.05, 0) is 38.5 Å². The van der Waals surface area contributed by atoms with Crippen LogP contribution >= 0.6 is 0 Å². The fourth-order valence-electron chi connectivity index (χ4n) is 1.69. The first-order valence-corrected chi connectivity index (χ1v) is 7.72. The van der Waals surface area contributed by atoms with Crippen LogP contribution < -0.4 is 5.32 Å². The van der Waals surface area contributed by atoms with Gasteiger partial charge in [-0.25, -0.2) is 4.18 Å². The first-order valence-electron chi connectivity index (χ1n) is 6.35. The molecule has 7 nitrogen and oxygen atoms in total. The molecule has 0 saturated heterocycles. The first kappa shape index (κ1) is 17.9. The van der Waals surface area contributed by atoms with Crippen LogP contribution in [-0.2, 0) is 21.2 Å². The lowest BCUT2D eigenvalue weighted by molar-refractivity contribution is 0.170. The number of nitrogens with one attached hydrogen (secondary N) is 1. The highest BCUT2D eigenvalue weighted by Gasteiger charge is 2.22. The number of aliphatic hydroxyl groups excluding tert-OH is 1. The van der Waals surface area contributed by atoms with Gasteiger partial charge in [0.15, 0.2) is 0 Å². The monoisotopic (exact) mass is 319 g/mol. The van der Waals surface area contributed by atoms with Gasteiger partial charge in [0, 0.05) is 17.6 Å². The molecule has 0 saturated carbocycles. The molecule has 1 unspecified atom stereocenters. The van der Waals surface area contributed by atoms with Crippen molar-refractivity contribution in [3.63, 3.8) is 0 Å². The van der Waals surface area contributed by atoms with Gasteiger partial charge >= 0.3 is 10.4 Å². The Hall–Kier alpha value is -1.19. The van der Waals surface area contributed by atoms with E-state index < -0.39 is 23.1 Å². The third-order valence-corrected chi connectivity index (χ3v) is 3.18. The molecular weight excluding hydrogens is 298 g/mol. The van der Waals surface area contributed by atoms with Crippen LogP contribution in [0.5, 0.6) is 5.75 Å². The summed E-state index contributed by atoms with van der Waals surface area (Å²) in [6, 6.07) is 4.22. The van der Waals surface area contributed by atoms with Crippen LogP contribution in [0.25, 0.3) is 0 Å². The average Bonchev–Trinajstić information content (AvgIpc) is 2.33. The zero-order valence-corrected chi connectivity index (χ0v) is 13.0. The molecule has 1 atom stereocenters. The van der Waals surface area contributed by atoms with Gasteiger partial charge in [0.2, 0.25) is 0 Å². The second kappa shape index (κ2) is 6.71. The molecule has 0 spiro atoms. The molecule has 0 heterocycles. The molecule has 1 aromatic carbocycles. The van der Waals surface area contributed by atoms with Crippen molar-refractivity contribution in [1.29, 1.82) is 0 Å². The number of aromatic hydroxyl groups is 1. The number of hydrogen-bond donors (Lipinski definition) is 4. The van der Waals surface area contributed by atoms with Crippen LogP contribution in [0, 0.1) is 0 Å². The predicted molar refractivity (Wildman–Crippen MR) is 77.2 cm³/mol. The van der Waals surface area contributed by atoms with Crippen LogP contribution in [0.2, 0.25) is 0 Å². The molecule has 0 aliphatic carbocycles. The summed E-state index contributed by atoms with van der Waals surface area (Å²) in [5, 5.41) is 21.7. The highest BCUT2D eigenvalue weighted by atomic mass is 32.3. The maximum Gasteiger partial charge on any atom is 0.397 e. The minimum atomic E-state index is -4.63. The molecule has 0 amide bonds. The van der Waals surface area contributed by atoms with E-state index in [0.29, 0.717) is 5.56 Å². The summed E-state index contributed by atoms with van der Waals surface area (Å²) in [6.45, 7) is 5.42. The van der Waals surface area contributed by atoms with Crippen molar-refractivity contribution in [2.45, 2.75) is 39.0 Å². The third kappa shape index (κ3) is 6.40. The van der Waals surface area contributed by atoms with Gasteiger partial charge in [-0.1, -0.05) is 6.07 Å². The molecule has 0 aliphatic heterocycles. The van der Waals surface area contributed by atoms with Crippen molar-refractivity contribution in [3.05, 3.63) is 29.3 Å². The van der Waals surface area contributed by atoms with Gasteiger partial charge in [0.1, 0.15) is 11.9 Å². The quantitative estimate of drug-likeness (QED) is 0.581. The van der Waals surface area contributed by atoms with Gasteiger partial charge in [0.25, 0.3) is 0 Å². The number of benzene rings is 1. The Bertz CT molecular complexity index is 579. The SMILES string of the molecule is CC(C)(C)NCC(OS(=O)(=O)O)c1ccc(O)c(CO)c1. The maximum absolute atomic E-state index is 11.0. The molecule has 1 rings (SSSR count). The van der Waals surface area contributed by atoms with Crippen molar-refractivity contribution in [2.75, 3.05) is 6.54 Å². The summed E-state index contributed by atoms with van der Waals surface area (Å²) < 4.78 is 35.5. The minimum absolute atomic E-state index is 0.101. The van der Waals surface area contributed by atoms with E-state index >= 15 is 0 Å². The van der Waals surface area contributed by atoms with Crippen LogP contribution in [-0.4, -0.2) is 35.3 Å². The minimum Gasteiger partial charge on any atom is -0.508 e. The molecule has 0 radical (unpaired) electrons. The third-order valence-electron chi connectivity index (χ3n) is 2.70. The summed E-state index contributed by atoms with van der Waals surface area (Å²) in [5.74, 6) is -0.101. The lowest BCUT2D eigenvalue weighted by Gasteiger charge is -2.25. The lowest BCUT2D eigenvalue weighted by Crippen LogP contribution is -2.39. The normalized spacial score (nSPS) is 14.1. The van der Waals surface area contributed by atoms with E-state index in [1.54, 1.807) is 0 Å². The molecule has 4 N–H and O–H groups in total. The van der Waals surface area contributed by atoms with E-state index in [4.69, 9.17) is 9.66 Å². The van der Waals surface area contributed by atoms with Crippen LogP contribution in [0.4, 0.5) is 0 Å². The summed E-state index contributed by atoms with van der Waals surface area (Å²) >= 11 is 0. The summed E-state index contributed by atoms with van der Waals surface area (Å²) in [4.78, 5) is 0. The topological polar surface area (TPSA) is 116 Å². The van der Waals surface area contributed by atoms with E-state index in [9.17, 15) is 13.5 Å². The smallest absolute Gasteiger partial charge is 0.397 e. The van der Waals surface area contributed by atoms with Gasteiger partial charge in [-0.15, -0.1) is 0 Å². The van der Waals surface area contributed by atoms with Crippen molar-refractivity contribution in [3.8, 4) is 5.75 Å². The predicted octanol–water partition coefficient (Wildman–Crippen LogP) is 1.13. The van der Waals surface area contributed by atoms with Crippen molar-refractivity contribution >= 4 is 10.4 Å². The van der Waals surface area contributed by atoms with Crippen LogP contribution in [0.15, 0.2) is 18.2 Å². The van der Waals surface area contributed by atoms with E-state index in [2.05, 4.69) is 9.50 Å². The lowest BCUT2D eigenvalue weighted by atomic mass is 10.0. The van der Waals surface area contributed by atoms with Gasteiger partial charge in [-0.2, -0.15) is 8.42 Å². The molecule has 120 valence electrons. The summed E-state index contributed by atoms with van der Waals surface area (Å²) in [5.41, 5.74) is 0.371. The molecule has 0 aliphatic rings. The molecule has 8 heteroatoms. The zero-order valence-electron chi connectivity index (χ0n) is 12.2. The second-order valence-corrected chi connectivity index (χ2v) is 6.74. The Kier molecular flexibility index (Phi) is 5.71. The molecule has 0 bridgehead atoms. The fourth-order valence-corrected chi connectivity index (χ4v) is 2.16. The Morgan fingerprint density at radius 2 is 1.95 bits per heavy atom. The second-order valence-electron chi connectivity index (χ2n) is 5.69. The van der Waals surface area contributed by atoms with Gasteiger partial charge < -0.3 is 15.5 Å². The highest BCUT2D eigenvalue weighted by molar-refractivity contribution is 7.80. The fraction of sp³-hybridized carbons (Fsp3) is 0.538. The average molecular weight is 319 g/mol. The molecule has 0 fully saturated rings. The first-order chi connectivity index (χ1) is 9.52. The van der Waals surface area contributed by atoms with E-state index in [1.807, 2.05) is 20.8 Å². The largest absolute Gasteiger partial charge is 0.508 e. The maximum atomic E-state index is 11.0. The van der Waals surface area contributed by atoms with Crippen LogP contribution in [0.3, 0.4) is 0 Å². The van der Waals surface area contributed by atoms with Crippen LogP contribution in [0.1, 0.15) is 38.0 Å². The van der Waals surface area contributed by atoms with E-state index in [0.717, 1.165) is 0 Å². The van der Waals surface area contributed by atoms with Gasteiger partial charge in [-0.3, -0.25) is 4.55 Å². The summed E-state index contributed by atoms with van der Waals surface area (Å²) in [7, 11) is -4.63. The van der Waals surface area contributed by atoms with Gasteiger partial charge in [0.05, 0.1) is 6.61 Å². The summed E-state index contributed by atoms with van der Waals surface area (Å²) in [6.07, 6.45) is -0.981. The van der Waals surface area contributed by atoms with Crippen molar-refractivity contribution in [1.82, 2.24) is 5.32 Å². The Balaban J connectivity index is 3.05. The van der Waals surface area contributed by atoms with Crippen molar-refractivity contribution in [2.24, 2.45) is 0 Å². The highest BCUT2D eigenvalue weighted by Crippen LogP contribution is 2.25. The number of phenols is 1. The Morgan fingerprint density at radius 1 is 1.33 bits per heavy atom. The Morgan fingerprint density at radius 3 is 2.43 bits per heavy atom. The van der Waals surface area contributed by atoms with E-state index in [-0.39, 0.29) is 23.4 Å². The standard InChI is InChI=1S/C13H21NO6S/c1-13(2,3)14-7-12(20-21(17,18)19)9-4-5-11(16)10(6-9)8-15/h4-6,12,14-16H,7-8H2,1-3H3,(H,17,18,19).